The Morgan fingerprint density at radius 3 is 2.17 bits per heavy atom. The molecule has 0 spiro atoms. The van der Waals surface area contributed by atoms with Crippen LogP contribution in [-0.2, 0) is 10.0 Å². The van der Waals surface area contributed by atoms with Crippen molar-refractivity contribution in [3.8, 4) is 0 Å². The molecule has 122 valence electrons. The maximum absolute atomic E-state index is 12.3. The van der Waals surface area contributed by atoms with Crippen LogP contribution in [0, 0.1) is 0 Å². The lowest BCUT2D eigenvalue weighted by Crippen LogP contribution is -2.41. The van der Waals surface area contributed by atoms with Gasteiger partial charge in [0.15, 0.2) is 0 Å². The second kappa shape index (κ2) is 7.01. The molecule has 0 atom stereocenters. The molecule has 0 heterocycles. The minimum Gasteiger partial charge on any atom is -0.530 e. The van der Waals surface area contributed by atoms with Crippen LogP contribution >= 0.6 is 15.9 Å². The number of rotatable bonds is 5. The van der Waals surface area contributed by atoms with Gasteiger partial charge in [0, 0.05) is 22.4 Å². The van der Waals surface area contributed by atoms with Gasteiger partial charge in [-0.05, 0) is 55.5 Å². The molecule has 0 aromatic heterocycles. The Labute approximate surface area is 142 Å². The monoisotopic (exact) mass is 397 g/mol. The predicted octanol–water partition coefficient (Wildman–Crippen LogP) is 2.42. The van der Waals surface area contributed by atoms with Gasteiger partial charge in [0.05, 0.1) is 4.90 Å². The van der Waals surface area contributed by atoms with Gasteiger partial charge in [-0.25, -0.2) is 8.42 Å². The number of sulfonamides is 1. The second-order valence-electron chi connectivity index (χ2n) is 4.62. The number of nitrogens with zero attached hydrogens (tertiary/aromatic N) is 1. The summed E-state index contributed by atoms with van der Waals surface area (Å²) in [6, 6.07) is 12.3. The lowest BCUT2D eigenvalue weighted by atomic mass is 10.3. The summed E-state index contributed by atoms with van der Waals surface area (Å²) < 4.78 is 27.9. The van der Waals surface area contributed by atoms with Gasteiger partial charge in [-0.1, -0.05) is 15.9 Å². The maximum Gasteiger partial charge on any atom is 0.261 e. The van der Waals surface area contributed by atoms with E-state index in [2.05, 4.69) is 20.7 Å². The van der Waals surface area contributed by atoms with E-state index in [0.717, 1.165) is 9.37 Å². The van der Waals surface area contributed by atoms with Gasteiger partial charge in [0.2, 0.25) is 0 Å². The molecule has 2 rings (SSSR count). The molecular formula is C15H14BrN2O4S-. The summed E-state index contributed by atoms with van der Waals surface area (Å²) in [5.74, 6) is 0. The van der Waals surface area contributed by atoms with E-state index in [9.17, 15) is 18.3 Å². The summed E-state index contributed by atoms with van der Waals surface area (Å²) in [5, 5.41) is 11.0. The Kier molecular flexibility index (Phi) is 5.27. The molecule has 23 heavy (non-hydrogen) atoms. The summed E-state index contributed by atoms with van der Waals surface area (Å²) in [7, 11) is -3.74. The van der Waals surface area contributed by atoms with E-state index in [4.69, 9.17) is 0 Å². The van der Waals surface area contributed by atoms with Gasteiger partial charge in [-0.3, -0.25) is 4.72 Å². The Balaban J connectivity index is 2.23. The van der Waals surface area contributed by atoms with Crippen molar-refractivity contribution in [3.05, 3.63) is 53.0 Å². The molecule has 0 bridgehead atoms. The third-order valence-corrected chi connectivity index (χ3v) is 5.02. The third-order valence-electron chi connectivity index (χ3n) is 3.09. The molecule has 0 fully saturated rings. The highest BCUT2D eigenvalue weighted by Gasteiger charge is 2.15. The number of hydrogen-bond acceptors (Lipinski definition) is 4. The van der Waals surface area contributed by atoms with Crippen molar-refractivity contribution < 1.29 is 18.3 Å². The normalized spacial score (nSPS) is 11.0. The molecule has 0 saturated carbocycles. The van der Waals surface area contributed by atoms with Gasteiger partial charge >= 0.3 is 0 Å². The first-order chi connectivity index (χ1) is 10.8. The van der Waals surface area contributed by atoms with Crippen molar-refractivity contribution >= 4 is 43.4 Å². The molecular weight excluding hydrogens is 384 g/mol. The molecule has 0 saturated heterocycles. The smallest absolute Gasteiger partial charge is 0.261 e. The van der Waals surface area contributed by atoms with Crippen molar-refractivity contribution in [1.82, 2.24) is 0 Å². The fourth-order valence-corrected chi connectivity index (χ4v) is 3.28. The van der Waals surface area contributed by atoms with Gasteiger partial charge in [-0.15, -0.1) is 0 Å². The van der Waals surface area contributed by atoms with Crippen LogP contribution < -0.4 is 14.7 Å². The Morgan fingerprint density at radius 1 is 1.13 bits per heavy atom. The van der Waals surface area contributed by atoms with Crippen molar-refractivity contribution in [2.24, 2.45) is 0 Å². The van der Waals surface area contributed by atoms with E-state index in [0.29, 0.717) is 11.4 Å². The molecule has 8 heteroatoms. The largest absolute Gasteiger partial charge is 0.530 e. The van der Waals surface area contributed by atoms with Crippen LogP contribution in [0.5, 0.6) is 0 Å². The van der Waals surface area contributed by atoms with Crippen molar-refractivity contribution in [1.29, 1.82) is 0 Å². The number of benzene rings is 2. The van der Waals surface area contributed by atoms with E-state index < -0.39 is 16.1 Å². The molecule has 6 nitrogen and oxygen atoms in total. The van der Waals surface area contributed by atoms with Crippen LogP contribution in [0.4, 0.5) is 16.2 Å². The molecule has 0 aliphatic carbocycles. The fourth-order valence-electron chi connectivity index (χ4n) is 1.95. The summed E-state index contributed by atoms with van der Waals surface area (Å²) in [4.78, 5) is 12.0. The lowest BCUT2D eigenvalue weighted by Gasteiger charge is -2.23. The Hall–Kier alpha value is -2.06. The summed E-state index contributed by atoms with van der Waals surface area (Å²) >= 11 is 3.28. The van der Waals surface area contributed by atoms with E-state index in [1.165, 1.54) is 24.3 Å². The van der Waals surface area contributed by atoms with Gasteiger partial charge in [-0.2, -0.15) is 0 Å². The number of halogens is 1. The van der Waals surface area contributed by atoms with Crippen LogP contribution in [0.1, 0.15) is 6.92 Å². The van der Waals surface area contributed by atoms with Crippen LogP contribution in [0.15, 0.2) is 57.9 Å². The first-order valence-corrected chi connectivity index (χ1v) is 8.98. The van der Waals surface area contributed by atoms with Crippen LogP contribution in [0.25, 0.3) is 0 Å². The Bertz CT molecular complexity index is 789. The van der Waals surface area contributed by atoms with E-state index in [-0.39, 0.29) is 11.4 Å². The minimum absolute atomic E-state index is 0.0403. The van der Waals surface area contributed by atoms with Crippen LogP contribution in [0.2, 0.25) is 0 Å². The van der Waals surface area contributed by atoms with E-state index in [1.54, 1.807) is 31.2 Å². The summed E-state index contributed by atoms with van der Waals surface area (Å²) in [6.07, 6.45) is -1.34. The number of carboxylic acid groups (broad SMARTS) is 1. The minimum atomic E-state index is -3.74. The zero-order chi connectivity index (χ0) is 17.0. The van der Waals surface area contributed by atoms with Crippen molar-refractivity contribution in [2.45, 2.75) is 11.8 Å². The number of carbonyl (C=O) groups is 1. The highest BCUT2D eigenvalue weighted by Crippen LogP contribution is 2.21. The highest BCUT2D eigenvalue weighted by atomic mass is 79.9. The molecule has 2 aromatic carbocycles. The van der Waals surface area contributed by atoms with Gasteiger partial charge in [0.1, 0.15) is 6.09 Å². The molecule has 0 aliphatic heterocycles. The number of carbonyl (C=O) groups excluding carboxylic acids is 1. The quantitative estimate of drug-likeness (QED) is 0.838. The van der Waals surface area contributed by atoms with Gasteiger partial charge < -0.3 is 14.8 Å². The summed E-state index contributed by atoms with van der Waals surface area (Å²) in [6.45, 7) is 1.88. The summed E-state index contributed by atoms with van der Waals surface area (Å²) in [5.41, 5.74) is 0.789. The Morgan fingerprint density at radius 2 is 1.70 bits per heavy atom. The average molecular weight is 398 g/mol. The van der Waals surface area contributed by atoms with Crippen molar-refractivity contribution in [3.63, 3.8) is 0 Å². The predicted molar refractivity (Wildman–Crippen MR) is 89.8 cm³/mol. The first-order valence-electron chi connectivity index (χ1n) is 6.70. The SMILES string of the molecule is CCN(C(=O)[O-])c1ccc(S(=O)(=O)Nc2ccc(Br)cc2)cc1. The maximum atomic E-state index is 12.3. The van der Waals surface area contributed by atoms with E-state index >= 15 is 0 Å². The fraction of sp³-hybridized carbons (Fsp3) is 0.133. The zero-order valence-corrected chi connectivity index (χ0v) is 14.6. The van der Waals surface area contributed by atoms with Crippen LogP contribution in [0.3, 0.4) is 0 Å². The number of nitrogens with one attached hydrogen (secondary N) is 1. The number of hydrogen-bond donors (Lipinski definition) is 1. The molecule has 0 aliphatic rings. The molecule has 1 amide bonds. The van der Waals surface area contributed by atoms with Crippen molar-refractivity contribution in [2.75, 3.05) is 16.2 Å². The molecule has 2 aromatic rings. The zero-order valence-electron chi connectivity index (χ0n) is 12.2. The number of amides is 1. The van der Waals surface area contributed by atoms with Gasteiger partial charge in [0.25, 0.3) is 10.0 Å². The average Bonchev–Trinajstić information content (AvgIpc) is 2.50. The van der Waals surface area contributed by atoms with Crippen LogP contribution in [-0.4, -0.2) is 21.1 Å². The molecule has 0 unspecified atom stereocenters. The highest BCUT2D eigenvalue weighted by molar-refractivity contribution is 9.10. The van der Waals surface area contributed by atoms with E-state index in [1.807, 2.05) is 0 Å². The lowest BCUT2D eigenvalue weighted by molar-refractivity contribution is -0.246. The second-order valence-corrected chi connectivity index (χ2v) is 7.21. The topological polar surface area (TPSA) is 89.5 Å². The molecule has 1 N–H and O–H groups in total. The number of anilines is 2. The standard InChI is InChI=1S/C15H15BrN2O4S/c1-2-18(15(19)20)13-7-9-14(10-8-13)23(21,22)17-12-5-3-11(16)4-6-12/h3-10,17H,2H2,1H3,(H,19,20)/p-1. The third kappa shape index (κ3) is 4.23. The molecule has 0 radical (unpaired) electrons. The first kappa shape index (κ1) is 17.3.